The molecule has 1 aromatic rings. The summed E-state index contributed by atoms with van der Waals surface area (Å²) >= 11 is 3.94. The summed E-state index contributed by atoms with van der Waals surface area (Å²) in [6, 6.07) is 6.39. The van der Waals surface area contributed by atoms with Gasteiger partial charge in [0, 0.05) is 18.0 Å². The van der Waals surface area contributed by atoms with Crippen LogP contribution in [0.2, 0.25) is 0 Å². The summed E-state index contributed by atoms with van der Waals surface area (Å²) in [7, 11) is 0. The summed E-state index contributed by atoms with van der Waals surface area (Å²) in [6.07, 6.45) is 0.680. The first-order valence-corrected chi connectivity index (χ1v) is 6.14. The summed E-state index contributed by atoms with van der Waals surface area (Å²) in [4.78, 5) is 11.1. The number of hydrogen-bond acceptors (Lipinski definition) is 2. The maximum Gasteiger partial charge on any atom is 0.394 e. The van der Waals surface area contributed by atoms with Gasteiger partial charge in [-0.05, 0) is 30.7 Å². The van der Waals surface area contributed by atoms with Crippen molar-refractivity contribution in [1.29, 1.82) is 0 Å². The summed E-state index contributed by atoms with van der Waals surface area (Å²) in [6.45, 7) is 1.79. The molecule has 0 bridgehead atoms. The third kappa shape index (κ3) is 3.73. The average Bonchev–Trinajstić information content (AvgIpc) is 2.39. The molecular weight excluding hydrogens is 336 g/mol. The quantitative estimate of drug-likeness (QED) is 0.464. The SMILES string of the molecule is Cc1ccc(N/C=C\C(=O)C(F)(F)C(F)(F)C(F)(F)Cl)cc1. The lowest BCUT2D eigenvalue weighted by Crippen LogP contribution is -2.55. The van der Waals surface area contributed by atoms with Gasteiger partial charge in [0.15, 0.2) is 0 Å². The number of rotatable bonds is 6. The van der Waals surface area contributed by atoms with E-state index in [-0.39, 0.29) is 6.08 Å². The number of aryl methyl sites for hydroxylation is 1. The zero-order valence-electron chi connectivity index (χ0n) is 11.0. The summed E-state index contributed by atoms with van der Waals surface area (Å²) < 4.78 is 76.6. The number of carbonyl (C=O) groups excluding carboxylic acids is 1. The first kappa shape index (κ1) is 18.3. The Morgan fingerprint density at radius 1 is 1.09 bits per heavy atom. The van der Waals surface area contributed by atoms with Gasteiger partial charge in [-0.15, -0.1) is 0 Å². The van der Waals surface area contributed by atoms with E-state index < -0.39 is 23.0 Å². The second-order valence-electron chi connectivity index (χ2n) is 4.35. The van der Waals surface area contributed by atoms with E-state index in [4.69, 9.17) is 0 Å². The number of carbonyl (C=O) groups is 1. The molecule has 0 radical (unpaired) electrons. The van der Waals surface area contributed by atoms with Crippen LogP contribution < -0.4 is 5.32 Å². The van der Waals surface area contributed by atoms with Crippen molar-refractivity contribution in [1.82, 2.24) is 0 Å². The van der Waals surface area contributed by atoms with Crippen LogP contribution in [0.25, 0.3) is 0 Å². The van der Waals surface area contributed by atoms with E-state index in [0.717, 1.165) is 5.56 Å². The van der Waals surface area contributed by atoms with Crippen molar-refractivity contribution in [3.05, 3.63) is 42.1 Å². The smallest absolute Gasteiger partial charge is 0.362 e. The number of anilines is 1. The van der Waals surface area contributed by atoms with Gasteiger partial charge in [0.2, 0.25) is 5.78 Å². The Balaban J connectivity index is 2.83. The van der Waals surface area contributed by atoms with Crippen LogP contribution in [0, 0.1) is 6.92 Å². The summed E-state index contributed by atoms with van der Waals surface area (Å²) in [5.41, 5.74) is 1.29. The first-order valence-electron chi connectivity index (χ1n) is 5.76. The maximum absolute atomic E-state index is 13.1. The molecule has 0 spiro atoms. The van der Waals surface area contributed by atoms with E-state index in [0.29, 0.717) is 11.9 Å². The number of benzene rings is 1. The third-order valence-corrected chi connectivity index (χ3v) is 2.83. The van der Waals surface area contributed by atoms with E-state index in [1.807, 2.05) is 0 Å². The monoisotopic (exact) mass is 345 g/mol. The van der Waals surface area contributed by atoms with E-state index >= 15 is 0 Å². The second-order valence-corrected chi connectivity index (χ2v) is 4.83. The van der Waals surface area contributed by atoms with E-state index in [2.05, 4.69) is 16.9 Å². The average molecular weight is 346 g/mol. The lowest BCUT2D eigenvalue weighted by atomic mass is 10.1. The predicted octanol–water partition coefficient (Wildman–Crippen LogP) is 4.59. The van der Waals surface area contributed by atoms with Gasteiger partial charge in [0.25, 0.3) is 0 Å². The van der Waals surface area contributed by atoms with Crippen molar-refractivity contribution < 1.29 is 31.1 Å². The molecule has 1 aromatic carbocycles. The fourth-order valence-electron chi connectivity index (χ4n) is 1.30. The highest BCUT2D eigenvalue weighted by Gasteiger charge is 2.73. The third-order valence-electron chi connectivity index (χ3n) is 2.60. The van der Waals surface area contributed by atoms with Crippen molar-refractivity contribution >= 4 is 23.1 Å². The zero-order valence-corrected chi connectivity index (χ0v) is 11.8. The molecule has 0 atom stereocenters. The highest BCUT2D eigenvalue weighted by atomic mass is 35.5. The second kappa shape index (κ2) is 6.20. The van der Waals surface area contributed by atoms with Crippen LogP contribution in [0.3, 0.4) is 0 Å². The van der Waals surface area contributed by atoms with Gasteiger partial charge >= 0.3 is 17.2 Å². The Labute approximate surface area is 126 Å². The molecule has 0 saturated carbocycles. The molecule has 0 fully saturated rings. The Bertz CT molecular complexity index is 565. The standard InChI is InChI=1S/C13H10ClF6NO/c1-8-2-4-9(5-3-8)21-7-6-10(22)11(15,16)12(17,18)13(14,19)20/h2-7,21H,1H3/b7-6-. The molecule has 122 valence electrons. The summed E-state index contributed by atoms with van der Waals surface area (Å²) in [5.74, 6) is -14.2. The van der Waals surface area contributed by atoms with Gasteiger partial charge in [-0.1, -0.05) is 17.7 Å². The van der Waals surface area contributed by atoms with Gasteiger partial charge in [0.1, 0.15) is 0 Å². The fraction of sp³-hybridized carbons (Fsp3) is 0.308. The lowest BCUT2D eigenvalue weighted by molar-refractivity contribution is -0.266. The molecule has 9 heteroatoms. The number of allylic oxidation sites excluding steroid dienone is 1. The molecule has 1 rings (SSSR count). The predicted molar refractivity (Wildman–Crippen MR) is 69.6 cm³/mol. The molecule has 2 nitrogen and oxygen atoms in total. The van der Waals surface area contributed by atoms with Gasteiger partial charge in [-0.2, -0.15) is 26.3 Å². The number of alkyl halides is 7. The molecular formula is C13H10ClF6NO. The Morgan fingerprint density at radius 3 is 2.05 bits per heavy atom. The van der Waals surface area contributed by atoms with Crippen LogP contribution in [0.4, 0.5) is 32.0 Å². The minimum absolute atomic E-state index is 0.0381. The van der Waals surface area contributed by atoms with Gasteiger partial charge in [-0.25, -0.2) is 0 Å². The van der Waals surface area contributed by atoms with E-state index in [1.165, 1.54) is 12.1 Å². The number of halogens is 7. The number of hydrogen-bond donors (Lipinski definition) is 1. The van der Waals surface area contributed by atoms with Crippen molar-refractivity contribution in [3.8, 4) is 0 Å². The molecule has 0 aliphatic heterocycles. The zero-order chi connectivity index (χ0) is 17.2. The normalized spacial score (nSPS) is 13.5. The fourth-order valence-corrected chi connectivity index (χ4v) is 1.42. The Morgan fingerprint density at radius 2 is 1.59 bits per heavy atom. The van der Waals surface area contributed by atoms with Crippen molar-refractivity contribution in [2.75, 3.05) is 5.32 Å². The van der Waals surface area contributed by atoms with E-state index in [9.17, 15) is 31.1 Å². The number of ketones is 1. The molecule has 0 amide bonds. The molecule has 0 saturated heterocycles. The summed E-state index contributed by atoms with van der Waals surface area (Å²) in [5, 5.41) is -3.20. The Hall–Kier alpha value is -1.70. The molecule has 1 N–H and O–H groups in total. The molecule has 0 aliphatic rings. The van der Waals surface area contributed by atoms with Gasteiger partial charge in [0.05, 0.1) is 0 Å². The molecule has 0 aromatic heterocycles. The maximum atomic E-state index is 13.1. The van der Waals surface area contributed by atoms with Crippen LogP contribution in [-0.4, -0.2) is 23.0 Å². The first-order chi connectivity index (χ1) is 9.89. The lowest BCUT2D eigenvalue weighted by Gasteiger charge is -2.27. The van der Waals surface area contributed by atoms with Crippen LogP contribution in [-0.2, 0) is 4.79 Å². The minimum atomic E-state index is -6.02. The minimum Gasteiger partial charge on any atom is -0.362 e. The Kier molecular flexibility index (Phi) is 5.17. The number of nitrogens with one attached hydrogen (secondary N) is 1. The van der Waals surface area contributed by atoms with Gasteiger partial charge < -0.3 is 5.32 Å². The van der Waals surface area contributed by atoms with Crippen LogP contribution in [0.1, 0.15) is 5.56 Å². The largest absolute Gasteiger partial charge is 0.394 e. The van der Waals surface area contributed by atoms with Crippen molar-refractivity contribution in [2.24, 2.45) is 0 Å². The van der Waals surface area contributed by atoms with Crippen LogP contribution in [0.15, 0.2) is 36.5 Å². The molecule has 0 aliphatic carbocycles. The molecule has 0 heterocycles. The molecule has 0 unspecified atom stereocenters. The highest BCUT2D eigenvalue weighted by molar-refractivity contribution is 6.22. The van der Waals surface area contributed by atoms with Crippen molar-refractivity contribution in [2.45, 2.75) is 24.2 Å². The topological polar surface area (TPSA) is 29.1 Å². The van der Waals surface area contributed by atoms with Crippen molar-refractivity contribution in [3.63, 3.8) is 0 Å². The van der Waals surface area contributed by atoms with Crippen LogP contribution in [0.5, 0.6) is 0 Å². The van der Waals surface area contributed by atoms with E-state index in [1.54, 1.807) is 19.1 Å². The molecule has 22 heavy (non-hydrogen) atoms. The van der Waals surface area contributed by atoms with Crippen LogP contribution >= 0.6 is 11.6 Å². The van der Waals surface area contributed by atoms with Gasteiger partial charge in [-0.3, -0.25) is 4.79 Å². The highest BCUT2D eigenvalue weighted by Crippen LogP contribution is 2.48.